The molecule has 7 heteroatoms. The fourth-order valence-corrected chi connectivity index (χ4v) is 3.82. The van der Waals surface area contributed by atoms with Crippen LogP contribution in [0.4, 0.5) is 5.69 Å². The number of fused-ring (bicyclic) bond motifs is 1. The van der Waals surface area contributed by atoms with Crippen molar-refractivity contribution < 1.29 is 4.79 Å². The van der Waals surface area contributed by atoms with Crippen molar-refractivity contribution in [3.63, 3.8) is 0 Å². The zero-order valence-corrected chi connectivity index (χ0v) is 15.2. The van der Waals surface area contributed by atoms with Crippen molar-refractivity contribution in [3.05, 3.63) is 70.4 Å². The van der Waals surface area contributed by atoms with Crippen LogP contribution in [0.5, 0.6) is 0 Å². The van der Waals surface area contributed by atoms with Crippen LogP contribution in [-0.4, -0.2) is 28.5 Å². The Hall–Kier alpha value is -2.75. The molecule has 0 bridgehead atoms. The van der Waals surface area contributed by atoms with Gasteiger partial charge in [-0.3, -0.25) is 9.69 Å². The molecule has 1 amide bonds. The van der Waals surface area contributed by atoms with Crippen LogP contribution in [0, 0.1) is 11.3 Å². The monoisotopic (exact) mass is 380 g/mol. The molecule has 2 aliphatic heterocycles. The van der Waals surface area contributed by atoms with Gasteiger partial charge in [0.05, 0.1) is 17.5 Å². The molecule has 0 aromatic heterocycles. The summed E-state index contributed by atoms with van der Waals surface area (Å²) in [5.41, 5.74) is 2.90. The van der Waals surface area contributed by atoms with E-state index in [-0.39, 0.29) is 5.91 Å². The number of aliphatic imine (C=N–C) groups is 1. The number of hydrogen-bond donors (Lipinski definition) is 0. The van der Waals surface area contributed by atoms with E-state index in [0.29, 0.717) is 28.8 Å². The zero-order chi connectivity index (χ0) is 18.1. The third-order valence-electron chi connectivity index (χ3n) is 4.11. The van der Waals surface area contributed by atoms with Gasteiger partial charge in [0.15, 0.2) is 5.17 Å². The normalized spacial score (nSPS) is 17.9. The van der Waals surface area contributed by atoms with Crippen molar-refractivity contribution in [2.45, 2.75) is 0 Å². The smallest absolute Gasteiger partial charge is 0.280 e. The minimum absolute atomic E-state index is 0.110. The Labute approximate surface area is 160 Å². The first-order valence-corrected chi connectivity index (χ1v) is 9.26. The molecule has 0 aliphatic carbocycles. The fraction of sp³-hybridized carbons (Fsp3) is 0.105. The molecule has 0 saturated carbocycles. The van der Waals surface area contributed by atoms with E-state index in [1.165, 1.54) is 11.8 Å². The van der Waals surface area contributed by atoms with Crippen molar-refractivity contribution >= 4 is 46.2 Å². The average molecular weight is 381 g/mol. The van der Waals surface area contributed by atoms with Gasteiger partial charge in [0.25, 0.3) is 5.91 Å². The zero-order valence-electron chi connectivity index (χ0n) is 13.6. The second-order valence-corrected chi connectivity index (χ2v) is 7.17. The minimum Gasteiger partial charge on any atom is -0.343 e. The number of hydrogen-bond acceptors (Lipinski definition) is 5. The summed E-state index contributed by atoms with van der Waals surface area (Å²) in [5.74, 6) is 0.587. The van der Waals surface area contributed by atoms with Gasteiger partial charge in [-0.05, 0) is 48.0 Å². The summed E-state index contributed by atoms with van der Waals surface area (Å²) >= 11 is 7.42. The van der Waals surface area contributed by atoms with Crippen LogP contribution in [0.15, 0.2) is 59.2 Å². The Kier molecular flexibility index (Phi) is 4.41. The van der Waals surface area contributed by atoms with Crippen molar-refractivity contribution in [1.29, 1.82) is 5.26 Å². The highest BCUT2D eigenvalue weighted by atomic mass is 35.5. The lowest BCUT2D eigenvalue weighted by atomic mass is 10.2. The summed E-state index contributed by atoms with van der Waals surface area (Å²) in [6.45, 7) is 0.439. The second-order valence-electron chi connectivity index (χ2n) is 5.82. The molecule has 5 nitrogen and oxygen atoms in total. The number of halogens is 1. The van der Waals surface area contributed by atoms with Gasteiger partial charge in [-0.1, -0.05) is 35.5 Å². The van der Waals surface area contributed by atoms with Crippen LogP contribution < -0.4 is 4.90 Å². The first-order chi connectivity index (χ1) is 12.6. The lowest BCUT2D eigenvalue weighted by molar-refractivity contribution is -0.122. The summed E-state index contributed by atoms with van der Waals surface area (Å²) in [7, 11) is 0. The third-order valence-corrected chi connectivity index (χ3v) is 5.37. The molecular formula is C19H13ClN4OS. The van der Waals surface area contributed by atoms with Crippen molar-refractivity contribution in [1.82, 2.24) is 4.90 Å². The molecule has 0 unspecified atom stereocenters. The first kappa shape index (κ1) is 16.7. The van der Waals surface area contributed by atoms with Crippen molar-refractivity contribution in [2.75, 3.05) is 17.4 Å². The summed E-state index contributed by atoms with van der Waals surface area (Å²) in [4.78, 5) is 21.0. The lowest BCUT2D eigenvalue weighted by Crippen LogP contribution is -2.46. The third kappa shape index (κ3) is 3.19. The van der Waals surface area contributed by atoms with Gasteiger partial charge in [-0.2, -0.15) is 5.26 Å². The summed E-state index contributed by atoms with van der Waals surface area (Å²) in [6.07, 6.45) is 1.77. The number of rotatable bonds is 2. The summed E-state index contributed by atoms with van der Waals surface area (Å²) in [5, 5.41) is 10.3. The molecule has 26 heavy (non-hydrogen) atoms. The standard InChI is InChI=1S/C19H13ClN4OS/c20-15-5-1-13(2-6-15)9-17-18(25)24-11-23(12-26-19(24)22-17)16-7-3-14(10-21)4-8-16/h1-9H,11-12H2/b17-9-. The van der Waals surface area contributed by atoms with Crippen LogP contribution in [0.2, 0.25) is 5.02 Å². The van der Waals surface area contributed by atoms with E-state index in [1.54, 1.807) is 35.2 Å². The van der Waals surface area contributed by atoms with Gasteiger partial charge in [0.2, 0.25) is 0 Å². The van der Waals surface area contributed by atoms with Gasteiger partial charge in [-0.15, -0.1) is 0 Å². The van der Waals surface area contributed by atoms with Crippen LogP contribution in [-0.2, 0) is 4.79 Å². The molecule has 2 heterocycles. The molecule has 0 N–H and O–H groups in total. The molecule has 2 aromatic carbocycles. The second kappa shape index (κ2) is 6.87. The minimum atomic E-state index is -0.110. The highest BCUT2D eigenvalue weighted by molar-refractivity contribution is 8.14. The molecule has 4 rings (SSSR count). The Bertz CT molecular complexity index is 961. The van der Waals surface area contributed by atoms with E-state index in [1.807, 2.05) is 24.3 Å². The van der Waals surface area contributed by atoms with Crippen LogP contribution in [0.3, 0.4) is 0 Å². The van der Waals surface area contributed by atoms with Crippen LogP contribution >= 0.6 is 23.4 Å². The number of anilines is 1. The Morgan fingerprint density at radius 3 is 2.58 bits per heavy atom. The van der Waals surface area contributed by atoms with Gasteiger partial charge < -0.3 is 4.90 Å². The number of carbonyl (C=O) groups is 1. The largest absolute Gasteiger partial charge is 0.343 e. The predicted octanol–water partition coefficient (Wildman–Crippen LogP) is 3.92. The molecule has 128 valence electrons. The van der Waals surface area contributed by atoms with E-state index >= 15 is 0 Å². The highest BCUT2D eigenvalue weighted by Crippen LogP contribution is 2.31. The number of nitrogens with zero attached hydrogens (tertiary/aromatic N) is 4. The molecule has 1 saturated heterocycles. The maximum absolute atomic E-state index is 12.7. The van der Waals surface area contributed by atoms with E-state index in [2.05, 4.69) is 16.0 Å². The van der Waals surface area contributed by atoms with Crippen molar-refractivity contribution in [2.24, 2.45) is 4.99 Å². The van der Waals surface area contributed by atoms with Gasteiger partial charge in [0.1, 0.15) is 12.4 Å². The number of nitriles is 1. The topological polar surface area (TPSA) is 59.7 Å². The molecule has 1 fully saturated rings. The number of carbonyl (C=O) groups excluding carboxylic acids is 1. The number of amides is 1. The Morgan fingerprint density at radius 2 is 1.88 bits per heavy atom. The molecule has 0 radical (unpaired) electrons. The Balaban J connectivity index is 1.54. The molecule has 2 aromatic rings. The maximum Gasteiger partial charge on any atom is 0.280 e. The van der Waals surface area contributed by atoms with E-state index in [0.717, 1.165) is 16.4 Å². The number of thioether (sulfide) groups is 1. The maximum atomic E-state index is 12.7. The predicted molar refractivity (Wildman–Crippen MR) is 105 cm³/mol. The molecule has 2 aliphatic rings. The molecule has 0 spiro atoms. The molecule has 0 atom stereocenters. The van der Waals surface area contributed by atoms with Crippen LogP contribution in [0.1, 0.15) is 11.1 Å². The van der Waals surface area contributed by atoms with Gasteiger partial charge in [0, 0.05) is 10.7 Å². The summed E-state index contributed by atoms with van der Waals surface area (Å²) in [6, 6.07) is 16.7. The first-order valence-electron chi connectivity index (χ1n) is 7.90. The van der Waals surface area contributed by atoms with Gasteiger partial charge in [-0.25, -0.2) is 4.99 Å². The van der Waals surface area contributed by atoms with E-state index < -0.39 is 0 Å². The fourth-order valence-electron chi connectivity index (χ4n) is 2.73. The lowest BCUT2D eigenvalue weighted by Gasteiger charge is -2.34. The van der Waals surface area contributed by atoms with Gasteiger partial charge >= 0.3 is 0 Å². The van der Waals surface area contributed by atoms with Crippen LogP contribution in [0.25, 0.3) is 6.08 Å². The van der Waals surface area contributed by atoms with Crippen molar-refractivity contribution in [3.8, 4) is 6.07 Å². The SMILES string of the molecule is N#Cc1ccc(N2CSC3=N/C(=C\c4ccc(Cl)cc4)C(=O)N3C2)cc1. The quantitative estimate of drug-likeness (QED) is 0.741. The number of amidine groups is 1. The van der Waals surface area contributed by atoms with E-state index in [9.17, 15) is 4.79 Å². The average Bonchev–Trinajstić information content (AvgIpc) is 2.99. The Morgan fingerprint density at radius 1 is 1.15 bits per heavy atom. The molecular weight excluding hydrogens is 368 g/mol. The summed E-state index contributed by atoms with van der Waals surface area (Å²) < 4.78 is 0. The highest BCUT2D eigenvalue weighted by Gasteiger charge is 2.35. The number of benzene rings is 2. The van der Waals surface area contributed by atoms with E-state index in [4.69, 9.17) is 16.9 Å².